The van der Waals surface area contributed by atoms with Crippen LogP contribution < -0.4 is 11.5 Å². The van der Waals surface area contributed by atoms with Gasteiger partial charge in [0.15, 0.2) is 0 Å². The monoisotopic (exact) mass is 318 g/mol. The van der Waals surface area contributed by atoms with Crippen LogP contribution in [0, 0.1) is 0 Å². The van der Waals surface area contributed by atoms with E-state index in [1.807, 2.05) is 0 Å². The minimum atomic E-state index is 0.198. The van der Waals surface area contributed by atoms with E-state index >= 15 is 0 Å². The van der Waals surface area contributed by atoms with E-state index in [1.165, 1.54) is 6.21 Å². The highest BCUT2D eigenvalue weighted by atomic mass is 35.5. The first-order valence-corrected chi connectivity index (χ1v) is 6.37. The second kappa shape index (κ2) is 6.80. The van der Waals surface area contributed by atoms with Crippen molar-refractivity contribution in [2.24, 2.45) is 21.5 Å². The molecule has 0 unspecified atom stereocenters. The van der Waals surface area contributed by atoms with Crippen molar-refractivity contribution in [2.75, 3.05) is 7.05 Å². The number of benzene rings is 1. The number of hydrogen-bond donors (Lipinski definition) is 2. The number of aliphatic imine (C=N–C) groups is 2. The van der Waals surface area contributed by atoms with Crippen LogP contribution in [0.2, 0.25) is 15.1 Å². The number of hydrogen-bond acceptors (Lipinski definition) is 3. The molecule has 1 rings (SSSR count). The second-order valence-corrected chi connectivity index (χ2v) is 4.90. The van der Waals surface area contributed by atoms with Gasteiger partial charge in [0.2, 0.25) is 0 Å². The van der Waals surface area contributed by atoms with Gasteiger partial charge in [-0.25, -0.2) is 4.99 Å². The third kappa shape index (κ3) is 4.13. The Labute approximate surface area is 126 Å². The number of halogens is 3. The Morgan fingerprint density at radius 3 is 2.42 bits per heavy atom. The summed E-state index contributed by atoms with van der Waals surface area (Å²) < 4.78 is 0. The largest absolute Gasteiger partial charge is 0.383 e. The normalized spacial score (nSPS) is 13.8. The molecule has 0 heterocycles. The van der Waals surface area contributed by atoms with Gasteiger partial charge < -0.3 is 11.5 Å². The zero-order chi connectivity index (χ0) is 14.6. The van der Waals surface area contributed by atoms with Gasteiger partial charge in [-0.2, -0.15) is 0 Å². The van der Waals surface area contributed by atoms with Gasteiger partial charge in [0.1, 0.15) is 11.7 Å². The van der Waals surface area contributed by atoms with Crippen LogP contribution in [0.3, 0.4) is 0 Å². The molecule has 0 aliphatic carbocycles. The maximum Gasteiger partial charge on any atom is 0.143 e. The molecular weight excluding hydrogens is 307 g/mol. The average molecular weight is 320 g/mol. The fraction of sp³-hybridized carbons (Fsp3) is 0.167. The van der Waals surface area contributed by atoms with Crippen LogP contribution in [-0.4, -0.2) is 19.1 Å². The molecule has 102 valence electrons. The van der Waals surface area contributed by atoms with Crippen molar-refractivity contribution in [1.29, 1.82) is 0 Å². The van der Waals surface area contributed by atoms with Crippen molar-refractivity contribution in [2.45, 2.75) is 6.92 Å². The van der Waals surface area contributed by atoms with E-state index in [1.54, 1.807) is 26.1 Å². The molecular formula is C12H13Cl3N4. The van der Waals surface area contributed by atoms with Gasteiger partial charge in [-0.15, -0.1) is 0 Å². The smallest absolute Gasteiger partial charge is 0.143 e. The number of amidine groups is 1. The number of rotatable bonds is 3. The van der Waals surface area contributed by atoms with E-state index in [9.17, 15) is 0 Å². The molecule has 0 aliphatic rings. The Bertz CT molecular complexity index is 577. The topological polar surface area (TPSA) is 76.8 Å². The molecule has 1 aromatic rings. The molecule has 19 heavy (non-hydrogen) atoms. The lowest BCUT2D eigenvalue weighted by Gasteiger charge is -2.09. The minimum Gasteiger partial charge on any atom is -0.383 e. The first-order valence-electron chi connectivity index (χ1n) is 5.24. The molecule has 0 amide bonds. The van der Waals surface area contributed by atoms with Crippen molar-refractivity contribution in [3.05, 3.63) is 38.6 Å². The Kier molecular flexibility index (Phi) is 5.66. The van der Waals surface area contributed by atoms with Crippen LogP contribution in [0.15, 0.2) is 27.9 Å². The highest BCUT2D eigenvalue weighted by molar-refractivity contribution is 6.44. The summed E-state index contributed by atoms with van der Waals surface area (Å²) in [5, 5.41) is 1.18. The van der Waals surface area contributed by atoms with Gasteiger partial charge in [0.05, 0.1) is 16.3 Å². The lowest BCUT2D eigenvalue weighted by atomic mass is 10.1. The summed E-state index contributed by atoms with van der Waals surface area (Å²) in [6.45, 7) is 1.75. The number of nitrogens with zero attached hydrogens (tertiary/aromatic N) is 2. The van der Waals surface area contributed by atoms with Crippen molar-refractivity contribution < 1.29 is 0 Å². The molecule has 4 N–H and O–H groups in total. The van der Waals surface area contributed by atoms with Crippen molar-refractivity contribution in [3.8, 4) is 0 Å². The van der Waals surface area contributed by atoms with Crippen LogP contribution in [0.1, 0.15) is 12.5 Å². The SMILES string of the molecule is CN=CC(N)=N/C(N)=C(\C)c1cc(Cl)cc(Cl)c1Cl. The molecule has 0 bridgehead atoms. The first kappa shape index (κ1) is 15.8. The van der Waals surface area contributed by atoms with Crippen LogP contribution in [0.25, 0.3) is 5.57 Å². The first-order chi connectivity index (χ1) is 8.86. The van der Waals surface area contributed by atoms with E-state index in [2.05, 4.69) is 9.98 Å². The minimum absolute atomic E-state index is 0.198. The fourth-order valence-corrected chi connectivity index (χ4v) is 2.10. The third-order valence-electron chi connectivity index (χ3n) is 2.29. The summed E-state index contributed by atoms with van der Waals surface area (Å²) >= 11 is 18.0. The molecule has 0 aliphatic heterocycles. The highest BCUT2D eigenvalue weighted by Crippen LogP contribution is 2.34. The Morgan fingerprint density at radius 2 is 1.84 bits per heavy atom. The molecule has 1 aromatic carbocycles. The average Bonchev–Trinajstić information content (AvgIpc) is 2.33. The van der Waals surface area contributed by atoms with Crippen molar-refractivity contribution >= 4 is 52.4 Å². The van der Waals surface area contributed by atoms with Gasteiger partial charge in [0, 0.05) is 23.2 Å². The molecule has 0 spiro atoms. The van der Waals surface area contributed by atoms with E-state index in [0.29, 0.717) is 26.2 Å². The maximum atomic E-state index is 6.12. The van der Waals surface area contributed by atoms with E-state index < -0.39 is 0 Å². The molecule has 0 radical (unpaired) electrons. The predicted octanol–water partition coefficient (Wildman–Crippen LogP) is 3.35. The number of allylic oxidation sites excluding steroid dienone is 1. The zero-order valence-corrected chi connectivity index (χ0v) is 12.7. The van der Waals surface area contributed by atoms with Crippen molar-refractivity contribution in [1.82, 2.24) is 0 Å². The van der Waals surface area contributed by atoms with Gasteiger partial charge in [0.25, 0.3) is 0 Å². The van der Waals surface area contributed by atoms with Crippen molar-refractivity contribution in [3.63, 3.8) is 0 Å². The van der Waals surface area contributed by atoms with E-state index in [-0.39, 0.29) is 11.7 Å². The zero-order valence-electron chi connectivity index (χ0n) is 10.4. The van der Waals surface area contributed by atoms with Gasteiger partial charge in [-0.05, 0) is 19.1 Å². The van der Waals surface area contributed by atoms with Crippen LogP contribution in [0.4, 0.5) is 0 Å². The highest BCUT2D eigenvalue weighted by Gasteiger charge is 2.11. The summed E-state index contributed by atoms with van der Waals surface area (Å²) in [5.74, 6) is 0.418. The molecule has 0 fully saturated rings. The third-order valence-corrected chi connectivity index (χ3v) is 3.31. The summed E-state index contributed by atoms with van der Waals surface area (Å²) in [4.78, 5) is 7.74. The molecule has 0 atom stereocenters. The predicted molar refractivity (Wildman–Crippen MR) is 84.3 cm³/mol. The second-order valence-electron chi connectivity index (χ2n) is 3.68. The standard InChI is InChI=1S/C12H13Cl3N4/c1-6(12(17)19-10(16)5-18-2)8-3-7(13)4-9(14)11(8)15/h3-5H,17H2,1-2H3,(H2,16,19)/b12-6+,18-5?. The van der Waals surface area contributed by atoms with E-state index in [0.717, 1.165) is 0 Å². The quantitative estimate of drug-likeness (QED) is 0.509. The van der Waals surface area contributed by atoms with Crippen LogP contribution >= 0.6 is 34.8 Å². The fourth-order valence-electron chi connectivity index (χ4n) is 1.35. The molecule has 0 saturated heterocycles. The number of nitrogens with two attached hydrogens (primary N) is 2. The Hall–Kier alpha value is -1.23. The molecule has 0 saturated carbocycles. The molecule has 0 aromatic heterocycles. The molecule has 4 nitrogen and oxygen atoms in total. The molecule has 7 heteroatoms. The maximum absolute atomic E-state index is 6.12. The van der Waals surface area contributed by atoms with Gasteiger partial charge in [-0.3, -0.25) is 4.99 Å². The summed E-state index contributed by atoms with van der Waals surface area (Å²) in [6.07, 6.45) is 1.40. The summed E-state index contributed by atoms with van der Waals surface area (Å²) in [7, 11) is 1.59. The summed E-state index contributed by atoms with van der Waals surface area (Å²) in [6, 6.07) is 3.22. The Balaban J connectivity index is 3.33. The summed E-state index contributed by atoms with van der Waals surface area (Å²) in [5.41, 5.74) is 12.7. The van der Waals surface area contributed by atoms with Gasteiger partial charge in [-0.1, -0.05) is 34.8 Å². The van der Waals surface area contributed by atoms with E-state index in [4.69, 9.17) is 46.3 Å². The lowest BCUT2D eigenvalue weighted by Crippen LogP contribution is -2.15. The lowest BCUT2D eigenvalue weighted by molar-refractivity contribution is 1.23. The van der Waals surface area contributed by atoms with Crippen LogP contribution in [0.5, 0.6) is 0 Å². The van der Waals surface area contributed by atoms with Gasteiger partial charge >= 0.3 is 0 Å². The van der Waals surface area contributed by atoms with Crippen LogP contribution in [-0.2, 0) is 0 Å². The Morgan fingerprint density at radius 1 is 1.21 bits per heavy atom.